The Labute approximate surface area is 108 Å². The predicted molar refractivity (Wildman–Crippen MR) is 68.0 cm³/mol. The lowest BCUT2D eigenvalue weighted by molar-refractivity contribution is 0.113. The molecule has 6 nitrogen and oxygen atoms in total. The molecule has 0 fully saturated rings. The average Bonchev–Trinajstić information content (AvgIpc) is 2.85. The van der Waals surface area contributed by atoms with E-state index >= 15 is 0 Å². The molecular formula is C11H13N3O3S. The van der Waals surface area contributed by atoms with Gasteiger partial charge in [0.2, 0.25) is 5.89 Å². The van der Waals surface area contributed by atoms with Crippen molar-refractivity contribution in [3.05, 3.63) is 24.3 Å². The highest BCUT2D eigenvalue weighted by atomic mass is 32.2. The van der Waals surface area contributed by atoms with E-state index in [0.717, 1.165) is 5.56 Å². The van der Waals surface area contributed by atoms with Crippen molar-refractivity contribution >= 4 is 17.4 Å². The van der Waals surface area contributed by atoms with Crippen LogP contribution in [-0.2, 0) is 0 Å². The summed E-state index contributed by atoms with van der Waals surface area (Å²) < 4.78 is 5.41. The number of hydrogen-bond acceptors (Lipinski definition) is 7. The van der Waals surface area contributed by atoms with E-state index in [4.69, 9.17) is 15.3 Å². The van der Waals surface area contributed by atoms with Crippen molar-refractivity contribution in [2.45, 2.75) is 11.3 Å². The molecule has 1 unspecified atom stereocenters. The largest absolute Gasteiger partial charge is 0.411 e. The normalized spacial score (nSPS) is 12.6. The van der Waals surface area contributed by atoms with Crippen molar-refractivity contribution in [1.29, 1.82) is 0 Å². The molecule has 2 aromatic rings. The Morgan fingerprint density at radius 1 is 1.28 bits per heavy atom. The fourth-order valence-electron chi connectivity index (χ4n) is 1.23. The van der Waals surface area contributed by atoms with Crippen LogP contribution in [-0.4, -0.2) is 38.9 Å². The highest BCUT2D eigenvalue weighted by Gasteiger charge is 2.11. The number of nitrogen functional groups attached to an aromatic ring is 1. The van der Waals surface area contributed by atoms with E-state index in [2.05, 4.69) is 10.2 Å². The van der Waals surface area contributed by atoms with Crippen molar-refractivity contribution in [2.75, 3.05) is 18.1 Å². The predicted octanol–water partition coefficient (Wildman–Crippen LogP) is 0.764. The smallest absolute Gasteiger partial charge is 0.276 e. The summed E-state index contributed by atoms with van der Waals surface area (Å²) in [5.41, 5.74) is 7.03. The van der Waals surface area contributed by atoms with Gasteiger partial charge >= 0.3 is 0 Å². The second-order valence-corrected chi connectivity index (χ2v) is 4.61. The number of aromatic nitrogens is 2. The van der Waals surface area contributed by atoms with Crippen LogP contribution in [0.1, 0.15) is 0 Å². The average molecular weight is 267 g/mol. The topological polar surface area (TPSA) is 105 Å². The molecule has 0 spiro atoms. The summed E-state index contributed by atoms with van der Waals surface area (Å²) in [6, 6.07) is 7.09. The maximum Gasteiger partial charge on any atom is 0.276 e. The van der Waals surface area contributed by atoms with Gasteiger partial charge in [0, 0.05) is 17.0 Å². The number of aliphatic hydroxyl groups is 2. The van der Waals surface area contributed by atoms with Crippen LogP contribution >= 0.6 is 11.8 Å². The second-order valence-electron chi connectivity index (χ2n) is 3.64. The van der Waals surface area contributed by atoms with Crippen LogP contribution in [0.3, 0.4) is 0 Å². The summed E-state index contributed by atoms with van der Waals surface area (Å²) in [5, 5.41) is 26.0. The molecule has 0 saturated heterocycles. The molecule has 1 heterocycles. The lowest BCUT2D eigenvalue weighted by atomic mass is 10.2. The van der Waals surface area contributed by atoms with Crippen LogP contribution in [0, 0.1) is 0 Å². The molecule has 1 aromatic carbocycles. The van der Waals surface area contributed by atoms with E-state index in [1.807, 2.05) is 0 Å². The molecule has 4 N–H and O–H groups in total. The van der Waals surface area contributed by atoms with Crippen LogP contribution in [0.15, 0.2) is 33.9 Å². The first-order valence-electron chi connectivity index (χ1n) is 5.30. The van der Waals surface area contributed by atoms with Gasteiger partial charge in [0.05, 0.1) is 12.7 Å². The molecule has 0 aliphatic rings. The zero-order valence-corrected chi connectivity index (χ0v) is 10.3. The van der Waals surface area contributed by atoms with Gasteiger partial charge in [-0.1, -0.05) is 11.8 Å². The summed E-state index contributed by atoms with van der Waals surface area (Å²) in [6.07, 6.45) is -0.790. The fourth-order valence-corrected chi connectivity index (χ4v) is 1.91. The third kappa shape index (κ3) is 3.22. The monoisotopic (exact) mass is 267 g/mol. The Hall–Kier alpha value is -1.57. The molecule has 0 amide bonds. The van der Waals surface area contributed by atoms with E-state index in [1.165, 1.54) is 11.8 Å². The van der Waals surface area contributed by atoms with Crippen molar-refractivity contribution in [1.82, 2.24) is 10.2 Å². The Morgan fingerprint density at radius 3 is 2.67 bits per heavy atom. The molecule has 0 radical (unpaired) electrons. The number of hydrogen-bond donors (Lipinski definition) is 3. The summed E-state index contributed by atoms with van der Waals surface area (Å²) in [4.78, 5) is 0. The minimum Gasteiger partial charge on any atom is -0.411 e. The number of nitrogens with zero attached hydrogens (tertiary/aromatic N) is 2. The summed E-state index contributed by atoms with van der Waals surface area (Å²) in [7, 11) is 0. The van der Waals surface area contributed by atoms with E-state index in [-0.39, 0.29) is 6.61 Å². The highest BCUT2D eigenvalue weighted by molar-refractivity contribution is 7.99. The zero-order valence-electron chi connectivity index (χ0n) is 9.48. The molecule has 7 heteroatoms. The number of nitrogens with two attached hydrogens (primary N) is 1. The molecule has 18 heavy (non-hydrogen) atoms. The molecule has 0 bridgehead atoms. The van der Waals surface area contributed by atoms with E-state index in [1.54, 1.807) is 24.3 Å². The minimum absolute atomic E-state index is 0.286. The molecule has 0 saturated carbocycles. The zero-order chi connectivity index (χ0) is 13.0. The molecule has 0 aliphatic carbocycles. The maximum absolute atomic E-state index is 9.20. The van der Waals surface area contributed by atoms with Crippen molar-refractivity contribution in [3.8, 4) is 11.5 Å². The number of thioether (sulfide) groups is 1. The lowest BCUT2D eigenvalue weighted by Crippen LogP contribution is -2.14. The Kier molecular flexibility index (Phi) is 4.19. The molecule has 0 aliphatic heterocycles. The molecule has 1 aromatic heterocycles. The van der Waals surface area contributed by atoms with Crippen LogP contribution in [0.2, 0.25) is 0 Å². The summed E-state index contributed by atoms with van der Waals surface area (Å²) in [5.74, 6) is 0.704. The van der Waals surface area contributed by atoms with Gasteiger partial charge in [0.1, 0.15) is 0 Å². The second kappa shape index (κ2) is 5.85. The minimum atomic E-state index is -0.790. The molecule has 2 rings (SSSR count). The Balaban J connectivity index is 2.03. The number of rotatable bonds is 5. The lowest BCUT2D eigenvalue weighted by Gasteiger charge is -2.02. The first-order valence-corrected chi connectivity index (χ1v) is 6.28. The van der Waals surface area contributed by atoms with Crippen LogP contribution in [0.5, 0.6) is 0 Å². The summed E-state index contributed by atoms with van der Waals surface area (Å²) >= 11 is 1.20. The van der Waals surface area contributed by atoms with Gasteiger partial charge in [-0.05, 0) is 24.3 Å². The highest BCUT2D eigenvalue weighted by Crippen LogP contribution is 2.24. The van der Waals surface area contributed by atoms with Gasteiger partial charge in [0.25, 0.3) is 5.22 Å². The third-order valence-corrected chi connectivity index (χ3v) is 3.14. The summed E-state index contributed by atoms with van der Waals surface area (Å²) in [6.45, 7) is -0.286. The van der Waals surface area contributed by atoms with E-state index in [0.29, 0.717) is 22.6 Å². The van der Waals surface area contributed by atoms with Gasteiger partial charge in [-0.3, -0.25) is 0 Å². The van der Waals surface area contributed by atoms with Crippen molar-refractivity contribution in [2.24, 2.45) is 0 Å². The number of aliphatic hydroxyl groups excluding tert-OH is 2. The van der Waals surface area contributed by atoms with Crippen LogP contribution in [0.25, 0.3) is 11.5 Å². The van der Waals surface area contributed by atoms with Crippen molar-refractivity contribution < 1.29 is 14.6 Å². The maximum atomic E-state index is 9.20. The van der Waals surface area contributed by atoms with Gasteiger partial charge < -0.3 is 20.4 Å². The van der Waals surface area contributed by atoms with Gasteiger partial charge in [-0.2, -0.15) is 0 Å². The Morgan fingerprint density at radius 2 is 2.00 bits per heavy atom. The number of anilines is 1. The van der Waals surface area contributed by atoms with Gasteiger partial charge in [0.15, 0.2) is 0 Å². The molecular weight excluding hydrogens is 254 g/mol. The van der Waals surface area contributed by atoms with Gasteiger partial charge in [-0.25, -0.2) is 0 Å². The Bertz CT molecular complexity index is 500. The molecule has 1 atom stereocenters. The van der Waals surface area contributed by atoms with Crippen LogP contribution < -0.4 is 5.73 Å². The fraction of sp³-hybridized carbons (Fsp3) is 0.273. The number of benzene rings is 1. The van der Waals surface area contributed by atoms with E-state index in [9.17, 15) is 5.11 Å². The van der Waals surface area contributed by atoms with Crippen molar-refractivity contribution in [3.63, 3.8) is 0 Å². The quantitative estimate of drug-likeness (QED) is 0.542. The first kappa shape index (κ1) is 12.9. The van der Waals surface area contributed by atoms with Crippen LogP contribution in [0.4, 0.5) is 5.69 Å². The standard InChI is InChI=1S/C11H13N3O3S/c12-8-3-1-7(2-4-8)10-13-14-11(17-10)18-6-9(16)5-15/h1-4,9,15-16H,5-6,12H2. The first-order chi connectivity index (χ1) is 8.69. The third-order valence-electron chi connectivity index (χ3n) is 2.17. The van der Waals surface area contributed by atoms with E-state index < -0.39 is 6.10 Å². The SMILES string of the molecule is Nc1ccc(-c2nnc(SCC(O)CO)o2)cc1. The molecule has 96 valence electrons. The van der Waals surface area contributed by atoms with Gasteiger partial charge in [-0.15, -0.1) is 10.2 Å².